The number of thiophene rings is 1. The number of ether oxygens (including phenoxy) is 1. The Morgan fingerprint density at radius 3 is 2.79 bits per heavy atom. The quantitative estimate of drug-likeness (QED) is 0.643. The maximum atomic E-state index is 12.7. The summed E-state index contributed by atoms with van der Waals surface area (Å²) in [6, 6.07) is 7.97. The van der Waals surface area contributed by atoms with Crippen LogP contribution in [0.1, 0.15) is 28.8 Å². The van der Waals surface area contributed by atoms with E-state index in [1.165, 1.54) is 28.7 Å². The number of hydrogen-bond donors (Lipinski definition) is 1. The number of hydrogen-bond acceptors (Lipinski definition) is 7. The van der Waals surface area contributed by atoms with Crippen LogP contribution in [-0.2, 0) is 9.53 Å². The number of amides is 1. The largest absolute Gasteiger partial charge is 0.465 e. The molecule has 0 bridgehead atoms. The summed E-state index contributed by atoms with van der Waals surface area (Å²) < 4.78 is 5.96. The fourth-order valence-corrected chi connectivity index (χ4v) is 5.27. The van der Waals surface area contributed by atoms with Crippen LogP contribution in [-0.4, -0.2) is 37.1 Å². The predicted molar refractivity (Wildman–Crippen MR) is 114 cm³/mol. The van der Waals surface area contributed by atoms with E-state index >= 15 is 0 Å². The van der Waals surface area contributed by atoms with E-state index in [4.69, 9.17) is 9.72 Å². The lowest BCUT2D eigenvalue weighted by molar-refractivity contribution is -0.120. The molecule has 146 valence electrons. The molecule has 1 aliphatic heterocycles. The highest BCUT2D eigenvalue weighted by molar-refractivity contribution is 7.22. The zero-order valence-electron chi connectivity index (χ0n) is 15.7. The summed E-state index contributed by atoms with van der Waals surface area (Å²) in [5.41, 5.74) is 2.67. The van der Waals surface area contributed by atoms with Gasteiger partial charge in [0.2, 0.25) is 5.91 Å². The highest BCUT2D eigenvalue weighted by atomic mass is 32.1. The number of piperidine rings is 1. The molecule has 1 N–H and O–H groups in total. The van der Waals surface area contributed by atoms with Gasteiger partial charge in [-0.1, -0.05) is 17.4 Å². The van der Waals surface area contributed by atoms with Crippen molar-refractivity contribution < 1.29 is 14.3 Å². The molecule has 2 aromatic heterocycles. The summed E-state index contributed by atoms with van der Waals surface area (Å²) >= 11 is 3.04. The molecule has 4 rings (SSSR count). The van der Waals surface area contributed by atoms with Crippen molar-refractivity contribution in [2.45, 2.75) is 19.8 Å². The van der Waals surface area contributed by atoms with Gasteiger partial charge in [-0.2, -0.15) is 0 Å². The summed E-state index contributed by atoms with van der Waals surface area (Å²) in [6.07, 6.45) is 1.53. The number of nitrogens with one attached hydrogen (secondary N) is 1. The molecule has 3 aromatic rings. The first-order valence-corrected chi connectivity index (χ1v) is 10.8. The second-order valence-corrected chi connectivity index (χ2v) is 8.80. The van der Waals surface area contributed by atoms with Gasteiger partial charge in [0.15, 0.2) is 5.13 Å². The number of rotatable bonds is 4. The predicted octanol–water partition coefficient (Wildman–Crippen LogP) is 4.31. The number of aryl methyl sites for hydroxylation is 1. The number of carbonyl (C=O) groups is 2. The first-order chi connectivity index (χ1) is 13.5. The van der Waals surface area contributed by atoms with Gasteiger partial charge in [-0.15, -0.1) is 11.3 Å². The molecule has 0 saturated carbocycles. The summed E-state index contributed by atoms with van der Waals surface area (Å²) in [5.74, 6) is -0.537. The fraction of sp³-hybridized carbons (Fsp3) is 0.350. The Morgan fingerprint density at radius 1 is 1.25 bits per heavy atom. The summed E-state index contributed by atoms with van der Waals surface area (Å²) in [6.45, 7) is 3.68. The molecule has 0 spiro atoms. The minimum Gasteiger partial charge on any atom is -0.465 e. The molecule has 0 unspecified atom stereocenters. The maximum Gasteiger partial charge on any atom is 0.340 e. The molecule has 28 heavy (non-hydrogen) atoms. The first-order valence-electron chi connectivity index (χ1n) is 9.14. The number of fused-ring (bicyclic) bond motifs is 1. The van der Waals surface area contributed by atoms with Crippen LogP contribution in [0.5, 0.6) is 0 Å². The van der Waals surface area contributed by atoms with Crippen LogP contribution >= 0.6 is 22.7 Å². The normalized spacial score (nSPS) is 15.0. The second kappa shape index (κ2) is 7.89. The van der Waals surface area contributed by atoms with E-state index in [1.54, 1.807) is 22.8 Å². The van der Waals surface area contributed by atoms with Crippen molar-refractivity contribution in [3.63, 3.8) is 0 Å². The van der Waals surface area contributed by atoms with Crippen molar-refractivity contribution in [2.75, 3.05) is 30.4 Å². The van der Waals surface area contributed by atoms with Gasteiger partial charge in [0.05, 0.1) is 22.9 Å². The van der Waals surface area contributed by atoms with E-state index < -0.39 is 5.97 Å². The van der Waals surface area contributed by atoms with Crippen LogP contribution in [0.25, 0.3) is 10.2 Å². The van der Waals surface area contributed by atoms with Gasteiger partial charge in [-0.05, 0) is 48.9 Å². The van der Waals surface area contributed by atoms with Crippen molar-refractivity contribution >= 4 is 54.9 Å². The lowest BCUT2D eigenvalue weighted by Gasteiger charge is -2.30. The van der Waals surface area contributed by atoms with Crippen LogP contribution in [0.3, 0.4) is 0 Å². The number of thiazole rings is 1. The lowest BCUT2D eigenvalue weighted by atomic mass is 9.96. The minimum absolute atomic E-state index is 0.0350. The van der Waals surface area contributed by atoms with Crippen LogP contribution in [0.4, 0.5) is 10.1 Å². The van der Waals surface area contributed by atoms with Crippen LogP contribution in [0.2, 0.25) is 0 Å². The number of nitrogens with zero attached hydrogens (tertiary/aromatic N) is 2. The number of methoxy groups -OCH3 is 1. The molecule has 1 saturated heterocycles. The summed E-state index contributed by atoms with van der Waals surface area (Å²) in [5, 5.41) is 6.26. The molecule has 3 heterocycles. The van der Waals surface area contributed by atoms with Gasteiger partial charge in [0.1, 0.15) is 5.00 Å². The number of benzene rings is 1. The zero-order chi connectivity index (χ0) is 19.7. The molecule has 0 atom stereocenters. The monoisotopic (exact) mass is 415 g/mol. The average Bonchev–Trinajstić information content (AvgIpc) is 3.34. The first kappa shape index (κ1) is 18.9. The molecule has 0 radical (unpaired) electrons. The Balaban J connectivity index is 1.39. The Hall–Kier alpha value is -2.45. The van der Waals surface area contributed by atoms with Crippen molar-refractivity contribution in [1.82, 2.24) is 4.98 Å². The fourth-order valence-electron chi connectivity index (χ4n) is 3.38. The van der Waals surface area contributed by atoms with E-state index in [0.29, 0.717) is 10.6 Å². The molecular weight excluding hydrogens is 394 g/mol. The molecule has 1 aromatic carbocycles. The third-order valence-electron chi connectivity index (χ3n) is 4.98. The van der Waals surface area contributed by atoms with E-state index in [9.17, 15) is 9.59 Å². The molecule has 0 aliphatic carbocycles. The molecule has 8 heteroatoms. The Morgan fingerprint density at radius 2 is 2.04 bits per heavy atom. The zero-order valence-corrected chi connectivity index (χ0v) is 17.4. The van der Waals surface area contributed by atoms with Gasteiger partial charge in [-0.3, -0.25) is 4.79 Å². The van der Waals surface area contributed by atoms with Crippen LogP contribution < -0.4 is 10.2 Å². The van der Waals surface area contributed by atoms with Crippen molar-refractivity contribution in [1.29, 1.82) is 0 Å². The lowest BCUT2D eigenvalue weighted by Crippen LogP contribution is -2.38. The van der Waals surface area contributed by atoms with E-state index in [0.717, 1.165) is 36.6 Å². The molecule has 1 amide bonds. The molecule has 1 aliphatic rings. The molecule has 1 fully saturated rings. The highest BCUT2D eigenvalue weighted by Crippen LogP contribution is 2.32. The number of carbonyl (C=O) groups excluding carboxylic acids is 2. The summed E-state index contributed by atoms with van der Waals surface area (Å²) in [7, 11) is 1.34. The smallest absolute Gasteiger partial charge is 0.340 e. The Bertz CT molecular complexity index is 1020. The maximum absolute atomic E-state index is 12.7. The topological polar surface area (TPSA) is 71.5 Å². The minimum atomic E-state index is -0.433. The summed E-state index contributed by atoms with van der Waals surface area (Å²) in [4.78, 5) is 31.4. The van der Waals surface area contributed by atoms with E-state index in [-0.39, 0.29) is 11.8 Å². The Labute approximate surface area is 171 Å². The van der Waals surface area contributed by atoms with Gasteiger partial charge in [0.25, 0.3) is 0 Å². The molecular formula is C20H21N3O3S2. The van der Waals surface area contributed by atoms with Gasteiger partial charge >= 0.3 is 5.97 Å². The number of aromatic nitrogens is 1. The van der Waals surface area contributed by atoms with Crippen LogP contribution in [0.15, 0.2) is 29.6 Å². The van der Waals surface area contributed by atoms with Gasteiger partial charge in [0, 0.05) is 19.0 Å². The van der Waals surface area contributed by atoms with Crippen molar-refractivity contribution in [3.05, 3.63) is 40.8 Å². The van der Waals surface area contributed by atoms with Crippen molar-refractivity contribution in [3.8, 4) is 0 Å². The number of esters is 1. The standard InChI is InChI=1S/C20H21N3O3S2/c1-12-3-4-15-16(11-12)28-20(21-15)23-8-5-13(6-9-23)17(24)22-18-14(7-10-27-18)19(25)26-2/h3-4,7,10-11,13H,5-6,8-9H2,1-2H3,(H,22,24). The third kappa shape index (κ3) is 3.74. The number of anilines is 2. The molecule has 6 nitrogen and oxygen atoms in total. The van der Waals surface area contributed by atoms with Gasteiger partial charge < -0.3 is 15.0 Å². The van der Waals surface area contributed by atoms with Crippen LogP contribution in [0, 0.1) is 12.8 Å². The SMILES string of the molecule is COC(=O)c1ccsc1NC(=O)C1CCN(c2nc3ccc(C)cc3s2)CC1. The van der Waals surface area contributed by atoms with Crippen molar-refractivity contribution in [2.24, 2.45) is 5.92 Å². The van der Waals surface area contributed by atoms with Gasteiger partial charge in [-0.25, -0.2) is 9.78 Å². The van der Waals surface area contributed by atoms with E-state index in [1.807, 2.05) is 0 Å². The van der Waals surface area contributed by atoms with E-state index in [2.05, 4.69) is 35.3 Å². The third-order valence-corrected chi connectivity index (χ3v) is 6.88. The highest BCUT2D eigenvalue weighted by Gasteiger charge is 2.27. The Kier molecular flexibility index (Phi) is 5.32. The average molecular weight is 416 g/mol. The second-order valence-electron chi connectivity index (χ2n) is 6.87.